The highest BCUT2D eigenvalue weighted by atomic mass is 32.2. The SMILES string of the molecule is CC(C)OC(Cc1ccc(OS(=O)(=O)C(F)(F)F)c(CNC(=O)OC(C)(C)C)c1)C(=O)[O-]. The van der Waals surface area contributed by atoms with E-state index in [1.807, 2.05) is 0 Å². The quantitative estimate of drug-likeness (QED) is 0.416. The fourth-order valence-corrected chi connectivity index (χ4v) is 2.85. The first-order chi connectivity index (χ1) is 14.4. The van der Waals surface area contributed by atoms with Crippen molar-refractivity contribution in [2.45, 2.75) is 70.9 Å². The molecule has 1 aromatic rings. The van der Waals surface area contributed by atoms with Gasteiger partial charge in [-0.25, -0.2) is 4.79 Å². The minimum absolute atomic E-state index is 0.164. The summed E-state index contributed by atoms with van der Waals surface area (Å²) in [6.45, 7) is 7.51. The molecule has 0 saturated heterocycles. The molecule has 9 nitrogen and oxygen atoms in total. The van der Waals surface area contributed by atoms with Crippen LogP contribution in [0.15, 0.2) is 18.2 Å². The Balaban J connectivity index is 3.23. The number of rotatable bonds is 9. The van der Waals surface area contributed by atoms with E-state index in [-0.39, 0.29) is 17.5 Å². The summed E-state index contributed by atoms with van der Waals surface area (Å²) in [5, 5.41) is 13.6. The molecular formula is C19H25F3NO8S-. The Morgan fingerprint density at radius 2 is 1.75 bits per heavy atom. The van der Waals surface area contributed by atoms with Crippen LogP contribution in [0.2, 0.25) is 0 Å². The van der Waals surface area contributed by atoms with Gasteiger partial charge in [0.15, 0.2) is 0 Å². The summed E-state index contributed by atoms with van der Waals surface area (Å²) in [4.78, 5) is 23.2. The molecule has 1 unspecified atom stereocenters. The molecule has 1 rings (SSSR count). The lowest BCUT2D eigenvalue weighted by Gasteiger charge is -2.22. The molecule has 13 heteroatoms. The molecule has 1 N–H and O–H groups in total. The van der Waals surface area contributed by atoms with Crippen LogP contribution >= 0.6 is 0 Å². The van der Waals surface area contributed by atoms with Gasteiger partial charge in [0, 0.05) is 18.5 Å². The molecule has 0 radical (unpaired) electrons. The molecule has 182 valence electrons. The van der Waals surface area contributed by atoms with Crippen LogP contribution in [0.25, 0.3) is 0 Å². The monoisotopic (exact) mass is 484 g/mol. The van der Waals surface area contributed by atoms with Crippen LogP contribution in [0, 0.1) is 0 Å². The lowest BCUT2D eigenvalue weighted by molar-refractivity contribution is -0.318. The normalized spacial score (nSPS) is 13.5. The summed E-state index contributed by atoms with van der Waals surface area (Å²) in [7, 11) is -5.98. The lowest BCUT2D eigenvalue weighted by atomic mass is 10.0. The van der Waals surface area contributed by atoms with Gasteiger partial charge in [0.25, 0.3) is 0 Å². The fourth-order valence-electron chi connectivity index (χ4n) is 2.36. The zero-order valence-electron chi connectivity index (χ0n) is 18.1. The van der Waals surface area contributed by atoms with Crippen LogP contribution in [0.5, 0.6) is 5.75 Å². The van der Waals surface area contributed by atoms with Crippen LogP contribution in [0.4, 0.5) is 18.0 Å². The number of hydrogen-bond donors (Lipinski definition) is 1. The molecule has 0 bridgehead atoms. The number of carbonyl (C=O) groups excluding carboxylic acids is 2. The van der Waals surface area contributed by atoms with E-state index in [0.717, 1.165) is 6.07 Å². The first-order valence-corrected chi connectivity index (χ1v) is 10.8. The first kappa shape index (κ1) is 27.5. The van der Waals surface area contributed by atoms with Crippen LogP contribution in [0.1, 0.15) is 45.7 Å². The van der Waals surface area contributed by atoms with E-state index >= 15 is 0 Å². The van der Waals surface area contributed by atoms with Gasteiger partial charge < -0.3 is 28.9 Å². The van der Waals surface area contributed by atoms with E-state index in [4.69, 9.17) is 9.47 Å². The Hall–Kier alpha value is -2.54. The molecule has 0 heterocycles. The highest BCUT2D eigenvalue weighted by molar-refractivity contribution is 7.88. The molecule has 1 aromatic carbocycles. The van der Waals surface area contributed by atoms with Gasteiger partial charge in [0.1, 0.15) is 17.5 Å². The molecule has 0 aliphatic carbocycles. The zero-order valence-corrected chi connectivity index (χ0v) is 18.9. The molecule has 0 aliphatic rings. The predicted molar refractivity (Wildman–Crippen MR) is 104 cm³/mol. The van der Waals surface area contributed by atoms with Crippen molar-refractivity contribution in [3.05, 3.63) is 29.3 Å². The molecule has 1 amide bonds. The Bertz CT molecular complexity index is 923. The van der Waals surface area contributed by atoms with Gasteiger partial charge >= 0.3 is 21.7 Å². The summed E-state index contributed by atoms with van der Waals surface area (Å²) >= 11 is 0. The number of carboxylic acid groups (broad SMARTS) is 1. The van der Waals surface area contributed by atoms with E-state index in [0.29, 0.717) is 0 Å². The van der Waals surface area contributed by atoms with Gasteiger partial charge in [-0.3, -0.25) is 0 Å². The van der Waals surface area contributed by atoms with E-state index in [9.17, 15) is 36.3 Å². The van der Waals surface area contributed by atoms with Gasteiger partial charge in [-0.1, -0.05) is 12.1 Å². The van der Waals surface area contributed by atoms with Crippen LogP contribution in [-0.2, 0) is 37.4 Å². The summed E-state index contributed by atoms with van der Waals surface area (Å²) in [6, 6.07) is 3.29. The third-order valence-corrected chi connectivity index (χ3v) is 4.52. The fraction of sp³-hybridized carbons (Fsp3) is 0.579. The number of hydrogen-bond acceptors (Lipinski definition) is 8. The summed E-state index contributed by atoms with van der Waals surface area (Å²) < 4.78 is 75.4. The number of benzene rings is 1. The lowest BCUT2D eigenvalue weighted by Crippen LogP contribution is -2.40. The van der Waals surface area contributed by atoms with Crippen molar-refractivity contribution in [3.8, 4) is 5.75 Å². The molecule has 0 aromatic heterocycles. The summed E-state index contributed by atoms with van der Waals surface area (Å²) in [6.07, 6.45) is -2.96. The van der Waals surface area contributed by atoms with E-state index in [1.165, 1.54) is 12.1 Å². The second-order valence-corrected chi connectivity index (χ2v) is 9.52. The maximum atomic E-state index is 12.7. The molecular weight excluding hydrogens is 459 g/mol. The minimum Gasteiger partial charge on any atom is -0.547 e. The van der Waals surface area contributed by atoms with Crippen molar-refractivity contribution in [1.82, 2.24) is 5.32 Å². The number of halogens is 3. The number of carbonyl (C=O) groups is 2. The van der Waals surface area contributed by atoms with Crippen LogP contribution < -0.4 is 14.6 Å². The van der Waals surface area contributed by atoms with Crippen molar-refractivity contribution >= 4 is 22.2 Å². The average Bonchev–Trinajstić information content (AvgIpc) is 2.58. The number of aliphatic carboxylic acids is 1. The van der Waals surface area contributed by atoms with Crippen molar-refractivity contribution in [2.75, 3.05) is 0 Å². The second-order valence-electron chi connectivity index (χ2n) is 7.98. The zero-order chi connectivity index (χ0) is 24.9. The molecule has 0 aliphatic heterocycles. The van der Waals surface area contributed by atoms with Gasteiger partial charge in [-0.2, -0.15) is 21.6 Å². The van der Waals surface area contributed by atoms with E-state index in [1.54, 1.807) is 34.6 Å². The largest absolute Gasteiger partial charge is 0.547 e. The first-order valence-electron chi connectivity index (χ1n) is 9.37. The van der Waals surface area contributed by atoms with Crippen LogP contribution in [-0.4, -0.2) is 43.8 Å². The van der Waals surface area contributed by atoms with Gasteiger partial charge in [-0.15, -0.1) is 0 Å². The number of amides is 1. The third-order valence-electron chi connectivity index (χ3n) is 3.55. The average molecular weight is 484 g/mol. The van der Waals surface area contributed by atoms with Gasteiger partial charge in [-0.05, 0) is 46.2 Å². The Morgan fingerprint density at radius 3 is 2.22 bits per heavy atom. The van der Waals surface area contributed by atoms with Crippen molar-refractivity contribution in [2.24, 2.45) is 0 Å². The second kappa shape index (κ2) is 10.4. The highest BCUT2D eigenvalue weighted by Gasteiger charge is 2.48. The van der Waals surface area contributed by atoms with Crippen LogP contribution in [0.3, 0.4) is 0 Å². The molecule has 0 saturated carbocycles. The summed E-state index contributed by atoms with van der Waals surface area (Å²) in [5.74, 6) is -2.20. The third kappa shape index (κ3) is 8.91. The van der Waals surface area contributed by atoms with E-state index < -0.39 is 57.8 Å². The molecule has 0 fully saturated rings. The van der Waals surface area contributed by atoms with E-state index in [2.05, 4.69) is 9.50 Å². The Morgan fingerprint density at radius 1 is 1.16 bits per heavy atom. The van der Waals surface area contributed by atoms with Crippen molar-refractivity contribution in [1.29, 1.82) is 0 Å². The summed E-state index contributed by atoms with van der Waals surface area (Å²) in [5.41, 5.74) is -6.44. The minimum atomic E-state index is -5.98. The molecule has 0 spiro atoms. The number of alkyl carbamates (subject to hydrolysis) is 1. The van der Waals surface area contributed by atoms with Gasteiger partial charge in [0.05, 0.1) is 12.1 Å². The molecule has 1 atom stereocenters. The Labute approximate surface area is 184 Å². The predicted octanol–water partition coefficient (Wildman–Crippen LogP) is 2.03. The number of alkyl halides is 3. The number of ether oxygens (including phenoxy) is 2. The number of carboxylic acids is 1. The smallest absolute Gasteiger partial charge is 0.534 e. The van der Waals surface area contributed by atoms with Gasteiger partial charge in [0.2, 0.25) is 0 Å². The standard InChI is InChI=1S/C19H26F3NO8S/c1-11(2)29-15(16(24)25)9-12-6-7-14(31-32(27,28)19(20,21)22)13(8-12)10-23-17(26)30-18(3,4)5/h6-8,11,15H,9-10H2,1-5H3,(H,23,26)(H,24,25)/p-1. The topological polar surface area (TPSA) is 131 Å². The Kier molecular flexibility index (Phi) is 8.92. The van der Waals surface area contributed by atoms with Crippen molar-refractivity contribution < 1.29 is 49.9 Å². The maximum absolute atomic E-state index is 12.7. The van der Waals surface area contributed by atoms with Crippen molar-refractivity contribution in [3.63, 3.8) is 0 Å². The maximum Gasteiger partial charge on any atom is 0.534 e. The molecule has 32 heavy (non-hydrogen) atoms. The number of nitrogens with one attached hydrogen (secondary N) is 1. The highest BCUT2D eigenvalue weighted by Crippen LogP contribution is 2.30.